The van der Waals surface area contributed by atoms with Gasteiger partial charge in [-0.1, -0.05) is 36.4 Å². The van der Waals surface area contributed by atoms with E-state index in [2.05, 4.69) is 0 Å². The van der Waals surface area contributed by atoms with Gasteiger partial charge < -0.3 is 14.5 Å². The second-order valence-electron chi connectivity index (χ2n) is 7.88. The number of likely N-dealkylation sites (tertiary alicyclic amines) is 2. The van der Waals surface area contributed by atoms with Crippen LogP contribution in [0.3, 0.4) is 0 Å². The molecule has 2 amide bonds. The van der Waals surface area contributed by atoms with Gasteiger partial charge in [0.1, 0.15) is 0 Å². The molecule has 2 fully saturated rings. The Labute approximate surface area is 166 Å². The van der Waals surface area contributed by atoms with Crippen LogP contribution in [0.15, 0.2) is 42.5 Å². The quantitative estimate of drug-likeness (QED) is 0.821. The molecule has 0 radical (unpaired) electrons. The van der Waals surface area contributed by atoms with E-state index in [1.807, 2.05) is 52.3 Å². The summed E-state index contributed by atoms with van der Waals surface area (Å²) >= 11 is 0. The summed E-state index contributed by atoms with van der Waals surface area (Å²) in [5.41, 5.74) is 0.729. The maximum absolute atomic E-state index is 13.2. The number of fused-ring (bicyclic) bond motifs is 1. The van der Waals surface area contributed by atoms with Gasteiger partial charge in [-0.15, -0.1) is 0 Å². The number of hydrogen-bond donors (Lipinski definition) is 0. The summed E-state index contributed by atoms with van der Waals surface area (Å²) in [4.78, 5) is 30.1. The molecule has 2 aliphatic rings. The maximum atomic E-state index is 13.2. The summed E-state index contributed by atoms with van der Waals surface area (Å²) in [6.45, 7) is 2.75. The molecule has 148 valence electrons. The van der Waals surface area contributed by atoms with Gasteiger partial charge in [-0.2, -0.15) is 0 Å². The van der Waals surface area contributed by atoms with Gasteiger partial charge in [0.2, 0.25) is 5.91 Å². The van der Waals surface area contributed by atoms with Crippen molar-refractivity contribution in [3.8, 4) is 0 Å². The average Bonchev–Trinajstić information content (AvgIpc) is 2.78. The van der Waals surface area contributed by atoms with Crippen molar-refractivity contribution in [3.05, 3.63) is 48.0 Å². The molecule has 2 aromatic rings. The Morgan fingerprint density at radius 3 is 2.46 bits per heavy atom. The van der Waals surface area contributed by atoms with Crippen LogP contribution in [0, 0.1) is 5.92 Å². The van der Waals surface area contributed by atoms with Crippen LogP contribution < -0.4 is 0 Å². The number of ether oxygens (including phenoxy) is 1. The first-order valence-electron chi connectivity index (χ1n) is 10.3. The smallest absolute Gasteiger partial charge is 0.254 e. The summed E-state index contributed by atoms with van der Waals surface area (Å²) in [5.74, 6) is 0.143. The fourth-order valence-corrected chi connectivity index (χ4v) is 4.52. The van der Waals surface area contributed by atoms with Crippen molar-refractivity contribution in [3.63, 3.8) is 0 Å². The monoisotopic (exact) mass is 380 g/mol. The molecule has 1 unspecified atom stereocenters. The second-order valence-corrected chi connectivity index (χ2v) is 7.88. The van der Waals surface area contributed by atoms with E-state index in [-0.39, 0.29) is 23.8 Å². The van der Waals surface area contributed by atoms with Gasteiger partial charge in [-0.25, -0.2) is 0 Å². The number of piperidine rings is 2. The molecule has 5 heteroatoms. The molecule has 2 aliphatic heterocycles. The number of carbonyl (C=O) groups is 2. The molecular weight excluding hydrogens is 352 g/mol. The Morgan fingerprint density at radius 1 is 0.929 bits per heavy atom. The van der Waals surface area contributed by atoms with Crippen LogP contribution in [0.1, 0.15) is 36.0 Å². The van der Waals surface area contributed by atoms with Crippen molar-refractivity contribution in [1.82, 2.24) is 9.80 Å². The summed E-state index contributed by atoms with van der Waals surface area (Å²) < 4.78 is 5.41. The zero-order chi connectivity index (χ0) is 19.5. The molecule has 0 bridgehead atoms. The summed E-state index contributed by atoms with van der Waals surface area (Å²) in [7, 11) is 1.74. The van der Waals surface area contributed by atoms with Crippen molar-refractivity contribution >= 4 is 22.6 Å². The predicted octanol–water partition coefficient (Wildman–Crippen LogP) is 3.33. The van der Waals surface area contributed by atoms with E-state index in [1.165, 1.54) is 0 Å². The normalized spacial score (nSPS) is 21.1. The van der Waals surface area contributed by atoms with Crippen molar-refractivity contribution in [2.75, 3.05) is 33.3 Å². The van der Waals surface area contributed by atoms with Gasteiger partial charge in [-0.3, -0.25) is 9.59 Å². The van der Waals surface area contributed by atoms with E-state index < -0.39 is 0 Å². The molecule has 28 heavy (non-hydrogen) atoms. The molecule has 0 aliphatic carbocycles. The maximum Gasteiger partial charge on any atom is 0.254 e. The highest BCUT2D eigenvalue weighted by Crippen LogP contribution is 2.25. The van der Waals surface area contributed by atoms with Crippen LogP contribution in [0.2, 0.25) is 0 Å². The third kappa shape index (κ3) is 3.76. The highest BCUT2D eigenvalue weighted by Gasteiger charge is 2.33. The van der Waals surface area contributed by atoms with E-state index in [4.69, 9.17) is 4.74 Å². The van der Waals surface area contributed by atoms with Gasteiger partial charge in [0.25, 0.3) is 5.91 Å². The minimum absolute atomic E-state index is 0.0346. The van der Waals surface area contributed by atoms with E-state index in [9.17, 15) is 9.59 Å². The highest BCUT2D eigenvalue weighted by molar-refractivity contribution is 6.07. The molecule has 0 saturated carbocycles. The minimum atomic E-state index is -0.0910. The third-order valence-electron chi connectivity index (χ3n) is 6.16. The van der Waals surface area contributed by atoms with Gasteiger partial charge in [0, 0.05) is 38.9 Å². The van der Waals surface area contributed by atoms with Gasteiger partial charge in [-0.05, 0) is 42.5 Å². The molecule has 4 rings (SSSR count). The van der Waals surface area contributed by atoms with Crippen LogP contribution in [-0.2, 0) is 9.53 Å². The number of benzene rings is 2. The number of amides is 2. The van der Waals surface area contributed by atoms with E-state index in [0.29, 0.717) is 6.54 Å². The van der Waals surface area contributed by atoms with Crippen LogP contribution in [0.4, 0.5) is 0 Å². The molecule has 2 saturated heterocycles. The summed E-state index contributed by atoms with van der Waals surface area (Å²) in [6.07, 6.45) is 3.80. The number of rotatable bonds is 3. The fourth-order valence-electron chi connectivity index (χ4n) is 4.52. The number of methoxy groups -OCH3 is 1. The second kappa shape index (κ2) is 8.31. The lowest BCUT2D eigenvalue weighted by molar-refractivity contribution is -0.139. The lowest BCUT2D eigenvalue weighted by atomic mass is 9.94. The standard InChI is InChI=1S/C23H28N2O3/c1-28-19-11-14-24(15-12-19)22(26)18-8-5-13-25(16-18)23(27)21-10-4-7-17-6-2-3-9-20(17)21/h2-4,6-7,9-10,18-19H,5,8,11-16H2,1H3. The average molecular weight is 380 g/mol. The first kappa shape index (κ1) is 18.9. The molecule has 2 heterocycles. The Bertz CT molecular complexity index is 853. The SMILES string of the molecule is COC1CCN(C(=O)C2CCCN(C(=O)c3cccc4ccccc34)C2)CC1. The Hall–Kier alpha value is -2.40. The van der Waals surface area contributed by atoms with Crippen molar-refractivity contribution in [1.29, 1.82) is 0 Å². The third-order valence-corrected chi connectivity index (χ3v) is 6.16. The molecule has 0 N–H and O–H groups in total. The van der Waals surface area contributed by atoms with Crippen LogP contribution in [-0.4, -0.2) is 61.0 Å². The number of nitrogens with zero attached hydrogens (tertiary/aromatic N) is 2. The Morgan fingerprint density at radius 2 is 1.68 bits per heavy atom. The Balaban J connectivity index is 1.46. The van der Waals surface area contributed by atoms with Crippen LogP contribution in [0.25, 0.3) is 10.8 Å². The number of carbonyl (C=O) groups excluding carboxylic acids is 2. The zero-order valence-electron chi connectivity index (χ0n) is 16.5. The van der Waals surface area contributed by atoms with E-state index in [1.54, 1.807) is 7.11 Å². The van der Waals surface area contributed by atoms with E-state index >= 15 is 0 Å². The van der Waals surface area contributed by atoms with Crippen molar-refractivity contribution in [2.24, 2.45) is 5.92 Å². The molecule has 1 atom stereocenters. The lowest BCUT2D eigenvalue weighted by Crippen LogP contribution is -2.49. The van der Waals surface area contributed by atoms with Crippen LogP contribution >= 0.6 is 0 Å². The zero-order valence-corrected chi connectivity index (χ0v) is 16.5. The molecular formula is C23H28N2O3. The minimum Gasteiger partial charge on any atom is -0.381 e. The molecule has 0 spiro atoms. The first-order chi connectivity index (χ1) is 13.7. The molecule has 2 aromatic carbocycles. The van der Waals surface area contributed by atoms with E-state index in [0.717, 1.165) is 61.7 Å². The topological polar surface area (TPSA) is 49.9 Å². The molecule has 5 nitrogen and oxygen atoms in total. The van der Waals surface area contributed by atoms with Crippen molar-refractivity contribution < 1.29 is 14.3 Å². The predicted molar refractivity (Wildman–Crippen MR) is 109 cm³/mol. The number of hydrogen-bond acceptors (Lipinski definition) is 3. The summed E-state index contributed by atoms with van der Waals surface area (Å²) in [5, 5.41) is 2.05. The molecule has 0 aromatic heterocycles. The first-order valence-corrected chi connectivity index (χ1v) is 10.3. The van der Waals surface area contributed by atoms with Crippen LogP contribution in [0.5, 0.6) is 0 Å². The largest absolute Gasteiger partial charge is 0.381 e. The fraction of sp³-hybridized carbons (Fsp3) is 0.478. The highest BCUT2D eigenvalue weighted by atomic mass is 16.5. The van der Waals surface area contributed by atoms with Gasteiger partial charge >= 0.3 is 0 Å². The van der Waals surface area contributed by atoms with Crippen molar-refractivity contribution in [2.45, 2.75) is 31.8 Å². The lowest BCUT2D eigenvalue weighted by Gasteiger charge is -2.37. The van der Waals surface area contributed by atoms with Gasteiger partial charge in [0.05, 0.1) is 12.0 Å². The summed E-state index contributed by atoms with van der Waals surface area (Å²) in [6, 6.07) is 13.8. The Kier molecular flexibility index (Phi) is 5.62. The van der Waals surface area contributed by atoms with Gasteiger partial charge in [0.15, 0.2) is 0 Å².